The molecule has 2 N–H and O–H groups in total. The van der Waals surface area contributed by atoms with Gasteiger partial charge in [0.2, 0.25) is 0 Å². The molecule has 0 unspecified atom stereocenters. The molecule has 1 aromatic carbocycles. The van der Waals surface area contributed by atoms with Crippen molar-refractivity contribution in [3.05, 3.63) is 23.3 Å². The first-order valence-corrected chi connectivity index (χ1v) is 5.76. The van der Waals surface area contributed by atoms with Crippen molar-refractivity contribution in [3.8, 4) is 11.5 Å². The van der Waals surface area contributed by atoms with Gasteiger partial charge in [-0.05, 0) is 18.6 Å². The van der Waals surface area contributed by atoms with Crippen molar-refractivity contribution in [2.75, 3.05) is 20.8 Å². The zero-order valence-corrected chi connectivity index (χ0v) is 12.2. The number of benzene rings is 1. The van der Waals surface area contributed by atoms with E-state index < -0.39 is 0 Å². The minimum atomic E-state index is -0.278. The van der Waals surface area contributed by atoms with E-state index in [1.165, 1.54) is 0 Å². The highest BCUT2D eigenvalue weighted by atomic mass is 35.5. The van der Waals surface area contributed by atoms with Crippen LogP contribution in [0, 0.1) is 0 Å². The van der Waals surface area contributed by atoms with E-state index in [9.17, 15) is 4.79 Å². The summed E-state index contributed by atoms with van der Waals surface area (Å²) in [5.41, 5.74) is 7.28. The highest BCUT2D eigenvalue weighted by Crippen LogP contribution is 2.33. The van der Waals surface area contributed by atoms with E-state index >= 15 is 0 Å². The van der Waals surface area contributed by atoms with Crippen LogP contribution in [-0.4, -0.2) is 26.8 Å². The lowest BCUT2D eigenvalue weighted by atomic mass is 10.0. The molecule has 0 saturated carbocycles. The molecule has 5 nitrogen and oxygen atoms in total. The van der Waals surface area contributed by atoms with Crippen LogP contribution in [0.25, 0.3) is 0 Å². The van der Waals surface area contributed by atoms with Crippen LogP contribution in [0.3, 0.4) is 0 Å². The van der Waals surface area contributed by atoms with Gasteiger partial charge in [0.05, 0.1) is 27.2 Å². The highest BCUT2D eigenvalue weighted by molar-refractivity contribution is 5.85. The maximum Gasteiger partial charge on any atom is 0.310 e. The summed E-state index contributed by atoms with van der Waals surface area (Å²) < 4.78 is 15.4. The molecule has 0 aliphatic rings. The van der Waals surface area contributed by atoms with E-state index in [0.717, 1.165) is 11.1 Å². The van der Waals surface area contributed by atoms with Crippen LogP contribution >= 0.6 is 12.4 Å². The molecule has 19 heavy (non-hydrogen) atoms. The van der Waals surface area contributed by atoms with Gasteiger partial charge < -0.3 is 19.9 Å². The lowest BCUT2D eigenvalue weighted by molar-refractivity contribution is -0.142. The number of esters is 1. The summed E-state index contributed by atoms with van der Waals surface area (Å²) in [6, 6.07) is 3.56. The second-order valence-electron chi connectivity index (χ2n) is 3.62. The van der Waals surface area contributed by atoms with Crippen LogP contribution < -0.4 is 15.2 Å². The number of hydrogen-bond acceptors (Lipinski definition) is 5. The van der Waals surface area contributed by atoms with Crippen LogP contribution in [-0.2, 0) is 22.5 Å². The molecule has 0 aromatic heterocycles. The topological polar surface area (TPSA) is 70.8 Å². The molecule has 0 fully saturated rings. The molecular weight excluding hydrogens is 270 g/mol. The Bertz CT molecular complexity index is 423. The van der Waals surface area contributed by atoms with Crippen LogP contribution in [0.1, 0.15) is 18.1 Å². The highest BCUT2D eigenvalue weighted by Gasteiger charge is 2.16. The summed E-state index contributed by atoms with van der Waals surface area (Å²) >= 11 is 0. The van der Waals surface area contributed by atoms with Crippen LogP contribution in [0.4, 0.5) is 0 Å². The van der Waals surface area contributed by atoms with Gasteiger partial charge in [0.1, 0.15) is 0 Å². The summed E-state index contributed by atoms with van der Waals surface area (Å²) in [5, 5.41) is 0. The average Bonchev–Trinajstić information content (AvgIpc) is 2.38. The van der Waals surface area contributed by atoms with E-state index in [0.29, 0.717) is 18.1 Å². The van der Waals surface area contributed by atoms with Gasteiger partial charge in [-0.1, -0.05) is 6.07 Å². The summed E-state index contributed by atoms with van der Waals surface area (Å²) in [4.78, 5) is 11.5. The zero-order chi connectivity index (χ0) is 13.5. The molecule has 1 aromatic rings. The van der Waals surface area contributed by atoms with Crippen molar-refractivity contribution in [2.24, 2.45) is 5.73 Å². The van der Waals surface area contributed by atoms with Gasteiger partial charge in [-0.2, -0.15) is 0 Å². The van der Waals surface area contributed by atoms with Crippen LogP contribution in [0.5, 0.6) is 11.5 Å². The first-order chi connectivity index (χ1) is 8.67. The van der Waals surface area contributed by atoms with Crippen LogP contribution in [0.15, 0.2) is 12.1 Å². The molecule has 6 heteroatoms. The number of methoxy groups -OCH3 is 2. The third kappa shape index (κ3) is 4.29. The van der Waals surface area contributed by atoms with Crippen molar-refractivity contribution in [2.45, 2.75) is 19.9 Å². The first-order valence-electron chi connectivity index (χ1n) is 5.76. The van der Waals surface area contributed by atoms with Gasteiger partial charge in [0.15, 0.2) is 11.5 Å². The molecule has 0 bridgehead atoms. The molecule has 0 aliphatic carbocycles. The molecule has 0 spiro atoms. The second kappa shape index (κ2) is 8.61. The van der Waals surface area contributed by atoms with Gasteiger partial charge >= 0.3 is 5.97 Å². The van der Waals surface area contributed by atoms with Crippen molar-refractivity contribution < 1.29 is 19.0 Å². The molecule has 0 radical (unpaired) electrons. The fourth-order valence-corrected chi connectivity index (χ4v) is 1.79. The van der Waals surface area contributed by atoms with Crippen molar-refractivity contribution in [1.29, 1.82) is 0 Å². The summed E-state index contributed by atoms with van der Waals surface area (Å²) in [6.45, 7) is 2.41. The van der Waals surface area contributed by atoms with Gasteiger partial charge in [-0.25, -0.2) is 0 Å². The van der Waals surface area contributed by atoms with E-state index in [1.807, 2.05) is 0 Å². The Morgan fingerprint density at radius 2 is 1.95 bits per heavy atom. The monoisotopic (exact) mass is 289 g/mol. The Balaban J connectivity index is 0.00000324. The summed E-state index contributed by atoms with van der Waals surface area (Å²) in [6.07, 6.45) is 0.181. The Hall–Kier alpha value is -1.46. The average molecular weight is 290 g/mol. The van der Waals surface area contributed by atoms with E-state index in [1.54, 1.807) is 33.3 Å². The fourth-order valence-electron chi connectivity index (χ4n) is 1.79. The quantitative estimate of drug-likeness (QED) is 0.807. The SMILES string of the molecule is CCOC(=O)Cc1ccc(OC)c(OC)c1CN.Cl. The maximum absolute atomic E-state index is 11.5. The molecule has 0 aliphatic heterocycles. The molecular formula is C13H20ClNO4. The Kier molecular flexibility index (Phi) is 7.95. The maximum atomic E-state index is 11.5. The minimum absolute atomic E-state index is 0. The fraction of sp³-hybridized carbons (Fsp3) is 0.462. The Morgan fingerprint density at radius 1 is 1.26 bits per heavy atom. The molecule has 1 rings (SSSR count). The second-order valence-corrected chi connectivity index (χ2v) is 3.62. The number of carbonyl (C=O) groups is 1. The third-order valence-corrected chi connectivity index (χ3v) is 2.59. The van der Waals surface area contributed by atoms with Crippen molar-refractivity contribution >= 4 is 18.4 Å². The predicted octanol–water partition coefficient (Wildman–Crippen LogP) is 1.69. The van der Waals surface area contributed by atoms with Gasteiger partial charge in [-0.15, -0.1) is 12.4 Å². The minimum Gasteiger partial charge on any atom is -0.493 e. The first kappa shape index (κ1) is 17.5. The number of rotatable bonds is 6. The molecule has 0 atom stereocenters. The molecule has 0 amide bonds. The molecule has 0 saturated heterocycles. The third-order valence-electron chi connectivity index (χ3n) is 2.59. The molecule has 108 valence electrons. The lowest BCUT2D eigenvalue weighted by Crippen LogP contribution is -2.12. The number of ether oxygens (including phenoxy) is 3. The standard InChI is InChI=1S/C13H19NO4.ClH/c1-4-18-12(15)7-9-5-6-11(16-2)13(17-3)10(9)8-14;/h5-6H,4,7-8,14H2,1-3H3;1H. The van der Waals surface area contributed by atoms with Crippen molar-refractivity contribution in [3.63, 3.8) is 0 Å². The van der Waals surface area contributed by atoms with Gasteiger partial charge in [0.25, 0.3) is 0 Å². The zero-order valence-electron chi connectivity index (χ0n) is 11.4. The van der Waals surface area contributed by atoms with Crippen LogP contribution in [0.2, 0.25) is 0 Å². The number of halogens is 1. The summed E-state index contributed by atoms with van der Waals surface area (Å²) in [5.74, 6) is 0.895. The predicted molar refractivity (Wildman–Crippen MR) is 75.0 cm³/mol. The smallest absolute Gasteiger partial charge is 0.310 e. The van der Waals surface area contributed by atoms with E-state index in [4.69, 9.17) is 19.9 Å². The Morgan fingerprint density at radius 3 is 2.42 bits per heavy atom. The van der Waals surface area contributed by atoms with E-state index in [-0.39, 0.29) is 31.3 Å². The van der Waals surface area contributed by atoms with Gasteiger partial charge in [-0.3, -0.25) is 4.79 Å². The number of carbonyl (C=O) groups excluding carboxylic acids is 1. The lowest BCUT2D eigenvalue weighted by Gasteiger charge is -2.15. The van der Waals surface area contributed by atoms with Gasteiger partial charge in [0, 0.05) is 12.1 Å². The normalized spacial score (nSPS) is 9.47. The van der Waals surface area contributed by atoms with Crippen molar-refractivity contribution in [1.82, 2.24) is 0 Å². The van der Waals surface area contributed by atoms with E-state index in [2.05, 4.69) is 0 Å². The summed E-state index contributed by atoms with van der Waals surface area (Å²) in [7, 11) is 3.11. The number of nitrogens with two attached hydrogens (primary N) is 1. The molecule has 0 heterocycles. The Labute approximate surface area is 119 Å². The number of hydrogen-bond donors (Lipinski definition) is 1. The largest absolute Gasteiger partial charge is 0.493 e.